The highest BCUT2D eigenvalue weighted by Crippen LogP contribution is 2.22. The number of aryl methyl sites for hydroxylation is 1. The molecular formula is C13H20N2O2. The predicted octanol–water partition coefficient (Wildman–Crippen LogP) is 1.50. The first kappa shape index (κ1) is 12.3. The second-order valence-corrected chi connectivity index (χ2v) is 4.63. The first-order chi connectivity index (χ1) is 8.20. The van der Waals surface area contributed by atoms with E-state index in [0.29, 0.717) is 6.10 Å². The zero-order valence-corrected chi connectivity index (χ0v) is 10.5. The first-order valence-electron chi connectivity index (χ1n) is 6.10. The predicted molar refractivity (Wildman–Crippen MR) is 67.1 cm³/mol. The Kier molecular flexibility index (Phi) is 3.97. The molecule has 94 valence electrons. The fraction of sp³-hybridized carbons (Fsp3) is 0.615. The highest BCUT2D eigenvalue weighted by atomic mass is 16.5. The molecule has 2 rings (SSSR count). The van der Waals surface area contributed by atoms with Crippen molar-refractivity contribution < 1.29 is 9.84 Å². The molecular weight excluding hydrogens is 216 g/mol. The van der Waals surface area contributed by atoms with Gasteiger partial charge in [0.15, 0.2) is 0 Å². The van der Waals surface area contributed by atoms with Crippen molar-refractivity contribution >= 4 is 5.69 Å². The summed E-state index contributed by atoms with van der Waals surface area (Å²) in [4.78, 5) is 6.36. The molecule has 1 aromatic heterocycles. The zero-order chi connectivity index (χ0) is 12.3. The van der Waals surface area contributed by atoms with Crippen LogP contribution in [0.1, 0.15) is 24.1 Å². The Morgan fingerprint density at radius 1 is 1.59 bits per heavy atom. The number of hydrogen-bond donors (Lipinski definition) is 1. The summed E-state index contributed by atoms with van der Waals surface area (Å²) < 4.78 is 5.63. The molecule has 0 saturated carbocycles. The van der Waals surface area contributed by atoms with Crippen molar-refractivity contribution in [2.75, 3.05) is 25.1 Å². The molecule has 0 amide bonds. The molecule has 1 aromatic rings. The maximum absolute atomic E-state index is 9.32. The highest BCUT2D eigenvalue weighted by Gasteiger charge is 2.18. The lowest BCUT2D eigenvalue weighted by Gasteiger charge is -2.24. The molecule has 4 heteroatoms. The lowest BCUT2D eigenvalue weighted by molar-refractivity contribution is 0.116. The molecule has 17 heavy (non-hydrogen) atoms. The van der Waals surface area contributed by atoms with Gasteiger partial charge in [0, 0.05) is 43.3 Å². The lowest BCUT2D eigenvalue weighted by Crippen LogP contribution is -2.29. The van der Waals surface area contributed by atoms with E-state index in [0.717, 1.165) is 42.9 Å². The smallest absolute Gasteiger partial charge is 0.0750 e. The van der Waals surface area contributed by atoms with Gasteiger partial charge in [-0.2, -0.15) is 0 Å². The Hall–Kier alpha value is -1.13. The fourth-order valence-electron chi connectivity index (χ4n) is 2.24. The molecule has 2 heterocycles. The molecule has 1 aliphatic heterocycles. The molecule has 0 spiro atoms. The van der Waals surface area contributed by atoms with Crippen LogP contribution in [0.5, 0.6) is 0 Å². The Morgan fingerprint density at radius 2 is 2.41 bits per heavy atom. The van der Waals surface area contributed by atoms with Crippen LogP contribution in [0.25, 0.3) is 0 Å². The van der Waals surface area contributed by atoms with Crippen molar-refractivity contribution in [2.45, 2.75) is 32.5 Å². The number of hydrogen-bond acceptors (Lipinski definition) is 4. The number of likely N-dealkylation sites (N-methyl/N-ethyl adjacent to an activating group) is 1. The molecule has 1 aliphatic rings. The number of nitrogens with zero attached hydrogens (tertiary/aromatic N) is 2. The summed E-state index contributed by atoms with van der Waals surface area (Å²) in [6, 6.07) is 2.01. The van der Waals surface area contributed by atoms with Crippen LogP contribution in [-0.2, 0) is 11.3 Å². The molecule has 0 bridgehead atoms. The summed E-state index contributed by atoms with van der Waals surface area (Å²) in [5.41, 5.74) is 2.89. The minimum atomic E-state index is 0.0263. The maximum atomic E-state index is 9.32. The van der Waals surface area contributed by atoms with Crippen LogP contribution < -0.4 is 4.90 Å². The lowest BCUT2D eigenvalue weighted by atomic mass is 10.1. The highest BCUT2D eigenvalue weighted by molar-refractivity contribution is 5.52. The second kappa shape index (κ2) is 5.47. The van der Waals surface area contributed by atoms with E-state index in [4.69, 9.17) is 4.74 Å². The van der Waals surface area contributed by atoms with Crippen LogP contribution >= 0.6 is 0 Å². The number of aromatic nitrogens is 1. The molecule has 0 aliphatic carbocycles. The maximum Gasteiger partial charge on any atom is 0.0750 e. The van der Waals surface area contributed by atoms with Gasteiger partial charge in [0.05, 0.1) is 12.7 Å². The molecule has 1 atom stereocenters. The van der Waals surface area contributed by atoms with E-state index >= 15 is 0 Å². The molecule has 1 saturated heterocycles. The van der Waals surface area contributed by atoms with Crippen LogP contribution in [0.2, 0.25) is 0 Å². The van der Waals surface area contributed by atoms with Crippen LogP contribution in [0.4, 0.5) is 5.69 Å². The Morgan fingerprint density at radius 3 is 3.06 bits per heavy atom. The number of aliphatic hydroxyl groups excluding tert-OH is 1. The fourth-order valence-corrected chi connectivity index (χ4v) is 2.24. The second-order valence-electron chi connectivity index (χ2n) is 4.63. The molecule has 1 unspecified atom stereocenters. The number of rotatable bonds is 4. The number of pyridine rings is 1. The van der Waals surface area contributed by atoms with E-state index in [1.807, 2.05) is 20.0 Å². The van der Waals surface area contributed by atoms with Crippen LogP contribution in [-0.4, -0.2) is 36.4 Å². The van der Waals surface area contributed by atoms with Gasteiger partial charge in [0.1, 0.15) is 0 Å². The van der Waals surface area contributed by atoms with Gasteiger partial charge >= 0.3 is 0 Å². The van der Waals surface area contributed by atoms with Crippen molar-refractivity contribution in [3.8, 4) is 0 Å². The van der Waals surface area contributed by atoms with Gasteiger partial charge in [-0.3, -0.25) is 4.98 Å². The van der Waals surface area contributed by atoms with E-state index in [1.165, 1.54) is 0 Å². The van der Waals surface area contributed by atoms with E-state index in [1.54, 1.807) is 6.20 Å². The summed E-state index contributed by atoms with van der Waals surface area (Å²) in [5, 5.41) is 9.32. The van der Waals surface area contributed by atoms with Crippen molar-refractivity contribution in [1.82, 2.24) is 4.98 Å². The van der Waals surface area contributed by atoms with Crippen molar-refractivity contribution in [1.29, 1.82) is 0 Å². The molecule has 1 N–H and O–H groups in total. The van der Waals surface area contributed by atoms with Crippen molar-refractivity contribution in [3.63, 3.8) is 0 Å². The quantitative estimate of drug-likeness (QED) is 0.860. The van der Waals surface area contributed by atoms with Crippen LogP contribution in [0.3, 0.4) is 0 Å². The van der Waals surface area contributed by atoms with Gasteiger partial charge in [-0.05, 0) is 25.8 Å². The summed E-state index contributed by atoms with van der Waals surface area (Å²) in [6.07, 6.45) is 4.35. The third-order valence-corrected chi connectivity index (χ3v) is 3.18. The van der Waals surface area contributed by atoms with Crippen LogP contribution in [0.15, 0.2) is 12.3 Å². The number of ether oxygens (including phenoxy) is 1. The molecule has 1 fully saturated rings. The summed E-state index contributed by atoms with van der Waals surface area (Å²) >= 11 is 0. The largest absolute Gasteiger partial charge is 0.392 e. The number of anilines is 1. The number of aliphatic hydroxyl groups is 1. The van der Waals surface area contributed by atoms with Crippen LogP contribution in [0, 0.1) is 6.92 Å². The Labute approximate surface area is 102 Å². The monoisotopic (exact) mass is 236 g/mol. The van der Waals surface area contributed by atoms with Gasteiger partial charge in [-0.1, -0.05) is 0 Å². The zero-order valence-electron chi connectivity index (χ0n) is 10.5. The average Bonchev–Trinajstić information content (AvgIpc) is 2.81. The molecule has 0 aromatic carbocycles. The first-order valence-corrected chi connectivity index (χ1v) is 6.10. The van der Waals surface area contributed by atoms with E-state index in [2.05, 4.69) is 9.88 Å². The molecule has 0 radical (unpaired) electrons. The van der Waals surface area contributed by atoms with Gasteiger partial charge in [0.25, 0.3) is 0 Å². The third-order valence-electron chi connectivity index (χ3n) is 3.18. The van der Waals surface area contributed by atoms with E-state index < -0.39 is 0 Å². The van der Waals surface area contributed by atoms with Gasteiger partial charge in [-0.25, -0.2) is 0 Å². The van der Waals surface area contributed by atoms with E-state index in [9.17, 15) is 5.11 Å². The summed E-state index contributed by atoms with van der Waals surface area (Å²) in [5.74, 6) is 0. The molecule has 4 nitrogen and oxygen atoms in total. The van der Waals surface area contributed by atoms with E-state index in [-0.39, 0.29) is 6.61 Å². The van der Waals surface area contributed by atoms with Gasteiger partial charge in [-0.15, -0.1) is 0 Å². The Bertz CT molecular complexity index is 376. The minimum Gasteiger partial charge on any atom is -0.392 e. The van der Waals surface area contributed by atoms with Crippen molar-refractivity contribution in [3.05, 3.63) is 23.5 Å². The standard InChI is InChI=1S/C13H20N2O2/c1-10-6-13(11(9-16)7-14-10)15(2)8-12-4-3-5-17-12/h6-7,12,16H,3-5,8-9H2,1-2H3. The van der Waals surface area contributed by atoms with Gasteiger partial charge in [0.2, 0.25) is 0 Å². The minimum absolute atomic E-state index is 0.0263. The topological polar surface area (TPSA) is 45.6 Å². The summed E-state index contributed by atoms with van der Waals surface area (Å²) in [6.45, 7) is 3.74. The SMILES string of the molecule is Cc1cc(N(C)CC2CCCO2)c(CO)cn1. The van der Waals surface area contributed by atoms with Crippen molar-refractivity contribution in [2.24, 2.45) is 0 Å². The Balaban J connectivity index is 2.11. The van der Waals surface area contributed by atoms with Gasteiger partial charge < -0.3 is 14.7 Å². The normalized spacial score (nSPS) is 19.6. The average molecular weight is 236 g/mol. The third kappa shape index (κ3) is 2.96. The summed E-state index contributed by atoms with van der Waals surface area (Å²) in [7, 11) is 2.04.